The minimum atomic E-state index is -2.10. The van der Waals surface area contributed by atoms with Gasteiger partial charge in [-0.3, -0.25) is 9.59 Å². The van der Waals surface area contributed by atoms with Crippen molar-refractivity contribution in [3.05, 3.63) is 108 Å². The van der Waals surface area contributed by atoms with Crippen molar-refractivity contribution in [3.8, 4) is 6.07 Å². The maximum atomic E-state index is 13.2. The van der Waals surface area contributed by atoms with Gasteiger partial charge in [-0.05, 0) is 30.5 Å². The Balaban J connectivity index is 0.00000341. The van der Waals surface area contributed by atoms with Gasteiger partial charge in [-0.15, -0.1) is 0 Å². The molecule has 0 aliphatic carbocycles. The molecule has 0 aliphatic heterocycles. The molecule has 152 valence electrons. The van der Waals surface area contributed by atoms with Crippen LogP contribution in [0.5, 0.6) is 0 Å². The fraction of sp³-hybridized carbons (Fsp3) is 0.192. The van der Waals surface area contributed by atoms with Crippen LogP contribution in [-0.2, 0) is 20.6 Å². The van der Waals surface area contributed by atoms with Crippen LogP contribution < -0.4 is 0 Å². The Labute approximate surface area is 204 Å². The summed E-state index contributed by atoms with van der Waals surface area (Å²) in [4.78, 5) is 26.2. The Morgan fingerprint density at radius 2 is 1.19 bits per heavy atom. The van der Waals surface area contributed by atoms with Crippen LogP contribution in [0.1, 0.15) is 36.5 Å². The van der Waals surface area contributed by atoms with Crippen LogP contribution in [0.25, 0.3) is 0 Å². The molecule has 0 aromatic heterocycles. The van der Waals surface area contributed by atoms with Crippen LogP contribution in [0.4, 0.5) is 0 Å². The van der Waals surface area contributed by atoms with Crippen LogP contribution >= 0.6 is 0 Å². The summed E-state index contributed by atoms with van der Waals surface area (Å²) < 4.78 is 0. The third kappa shape index (κ3) is 4.28. The Kier molecular flexibility index (Phi) is 8.11. The number of carbonyl (C=O) groups excluding carboxylic acids is 2. The van der Waals surface area contributed by atoms with Crippen LogP contribution in [0.2, 0.25) is 0 Å². The number of carbonyl (C=O) groups is 2. The molecule has 3 aromatic rings. The van der Waals surface area contributed by atoms with Gasteiger partial charge in [0.15, 0.2) is 22.6 Å². The molecule has 5 heteroatoms. The predicted molar refractivity (Wildman–Crippen MR) is 122 cm³/mol. The van der Waals surface area contributed by atoms with E-state index in [1.165, 1.54) is 13.8 Å². The zero-order chi connectivity index (χ0) is 21.8. The summed E-state index contributed by atoms with van der Waals surface area (Å²) in [5.41, 5.74) is -2.58. The van der Waals surface area contributed by atoms with E-state index < -0.39 is 28.5 Å². The van der Waals surface area contributed by atoms with E-state index in [1.807, 2.05) is 0 Å². The van der Waals surface area contributed by atoms with E-state index in [-0.39, 0.29) is 29.6 Å². The molecule has 3 aromatic carbocycles. The molecule has 0 fully saturated rings. The first kappa shape index (κ1) is 24.7. The van der Waals surface area contributed by atoms with Crippen molar-refractivity contribution in [2.75, 3.05) is 0 Å². The fourth-order valence-corrected chi connectivity index (χ4v) is 4.20. The molecule has 3 rings (SSSR count). The topological polar surface area (TPSA) is 78.2 Å². The first-order chi connectivity index (χ1) is 14.4. The van der Waals surface area contributed by atoms with Gasteiger partial charge in [0.2, 0.25) is 0 Å². The molecule has 0 aliphatic rings. The number of aliphatic hydroxyl groups is 1. The van der Waals surface area contributed by atoms with Crippen molar-refractivity contribution < 1.29 is 14.7 Å². The Morgan fingerprint density at radius 3 is 1.58 bits per heavy atom. The summed E-state index contributed by atoms with van der Waals surface area (Å²) >= 11 is 0. The van der Waals surface area contributed by atoms with E-state index in [4.69, 9.17) is 0 Å². The summed E-state index contributed by atoms with van der Waals surface area (Å²) in [7, 11) is 0. The molecular formula is C26H24NNaO3. The predicted octanol–water partition coefficient (Wildman–Crippen LogP) is 3.65. The summed E-state index contributed by atoms with van der Waals surface area (Å²) in [6.45, 7) is 2.62. The molecule has 0 saturated heterocycles. The number of nitriles is 1. The van der Waals surface area contributed by atoms with Gasteiger partial charge in [-0.1, -0.05) is 91.0 Å². The van der Waals surface area contributed by atoms with Crippen molar-refractivity contribution in [2.45, 2.75) is 30.8 Å². The van der Waals surface area contributed by atoms with Gasteiger partial charge in [0.05, 0.1) is 12.0 Å². The number of hydrogen-bond acceptors (Lipinski definition) is 4. The maximum absolute atomic E-state index is 13.2. The molecule has 0 saturated carbocycles. The SMILES string of the molecule is CC(=O)C(O)(c1ccccc1)C(c1ccccc1)C(C#N)(C(C)=O)c1ccccc1.[NaH]. The van der Waals surface area contributed by atoms with Crippen molar-refractivity contribution in [3.63, 3.8) is 0 Å². The molecule has 31 heavy (non-hydrogen) atoms. The number of Topliss-reactive ketones (excluding diaryl/α,β-unsaturated/α-hetero) is 2. The molecule has 3 atom stereocenters. The standard InChI is InChI=1S/C26H23NO3.Na.H/c1-19(28)25(18-27,22-14-8-4-9-15-22)24(21-12-6-3-7-13-21)26(30,20(2)29)23-16-10-5-11-17-23;;/h3-17,24,30H,1-2H3;;. The Hall–Kier alpha value is -2.55. The zero-order valence-electron chi connectivity index (χ0n) is 16.9. The van der Waals surface area contributed by atoms with E-state index in [0.29, 0.717) is 16.7 Å². The molecule has 4 nitrogen and oxygen atoms in total. The Morgan fingerprint density at radius 1 is 0.774 bits per heavy atom. The molecule has 0 heterocycles. The normalized spacial score (nSPS) is 15.3. The summed E-state index contributed by atoms with van der Waals surface area (Å²) in [5.74, 6) is -2.14. The van der Waals surface area contributed by atoms with E-state index >= 15 is 0 Å². The average molecular weight is 421 g/mol. The van der Waals surface area contributed by atoms with Gasteiger partial charge in [-0.25, -0.2) is 0 Å². The van der Waals surface area contributed by atoms with Gasteiger partial charge in [0.25, 0.3) is 0 Å². The average Bonchev–Trinajstić information content (AvgIpc) is 2.78. The van der Waals surface area contributed by atoms with Gasteiger partial charge < -0.3 is 5.11 Å². The quantitative estimate of drug-likeness (QED) is 0.591. The first-order valence-electron chi connectivity index (χ1n) is 9.70. The van der Waals surface area contributed by atoms with Gasteiger partial charge in [-0.2, -0.15) is 5.26 Å². The van der Waals surface area contributed by atoms with E-state index in [0.717, 1.165) is 0 Å². The monoisotopic (exact) mass is 421 g/mol. The van der Waals surface area contributed by atoms with Crippen LogP contribution in [0, 0.1) is 11.3 Å². The second kappa shape index (κ2) is 10.2. The summed E-state index contributed by atoms with van der Waals surface area (Å²) in [6, 6.07) is 28.1. The molecule has 0 amide bonds. The second-order valence-electron chi connectivity index (χ2n) is 7.37. The van der Waals surface area contributed by atoms with Gasteiger partial charge >= 0.3 is 29.6 Å². The van der Waals surface area contributed by atoms with E-state index in [1.54, 1.807) is 91.0 Å². The number of benzene rings is 3. The van der Waals surface area contributed by atoms with Crippen LogP contribution in [0.15, 0.2) is 91.0 Å². The third-order valence-corrected chi connectivity index (χ3v) is 5.70. The van der Waals surface area contributed by atoms with Gasteiger partial charge in [0.1, 0.15) is 0 Å². The fourth-order valence-electron chi connectivity index (χ4n) is 4.20. The third-order valence-electron chi connectivity index (χ3n) is 5.70. The summed E-state index contributed by atoms with van der Waals surface area (Å²) in [6.07, 6.45) is 0. The molecular weight excluding hydrogens is 397 g/mol. The van der Waals surface area contributed by atoms with Crippen molar-refractivity contribution in [2.24, 2.45) is 0 Å². The van der Waals surface area contributed by atoms with Crippen LogP contribution in [0.3, 0.4) is 0 Å². The molecule has 1 N–H and O–H groups in total. The molecule has 0 radical (unpaired) electrons. The first-order valence-corrected chi connectivity index (χ1v) is 9.70. The Bertz CT molecular complexity index is 1080. The second-order valence-corrected chi connectivity index (χ2v) is 7.37. The van der Waals surface area contributed by atoms with E-state index in [2.05, 4.69) is 6.07 Å². The summed E-state index contributed by atoms with van der Waals surface area (Å²) in [5, 5.41) is 22.4. The van der Waals surface area contributed by atoms with Gasteiger partial charge in [0, 0.05) is 0 Å². The number of ketones is 2. The number of nitrogens with zero attached hydrogens (tertiary/aromatic N) is 1. The minimum absolute atomic E-state index is 0. The van der Waals surface area contributed by atoms with Crippen molar-refractivity contribution >= 4 is 41.1 Å². The van der Waals surface area contributed by atoms with Crippen molar-refractivity contribution in [1.82, 2.24) is 0 Å². The van der Waals surface area contributed by atoms with Crippen molar-refractivity contribution in [1.29, 1.82) is 5.26 Å². The van der Waals surface area contributed by atoms with Crippen LogP contribution in [-0.4, -0.2) is 46.2 Å². The molecule has 3 unspecified atom stereocenters. The number of hydrogen-bond donors (Lipinski definition) is 1. The zero-order valence-corrected chi connectivity index (χ0v) is 16.9. The van der Waals surface area contributed by atoms with E-state index in [9.17, 15) is 20.0 Å². The number of rotatable bonds is 7. The molecule has 0 bridgehead atoms. The molecule has 0 spiro atoms.